The summed E-state index contributed by atoms with van der Waals surface area (Å²) in [6.07, 6.45) is 0. The van der Waals surface area contributed by atoms with Crippen LogP contribution in [0.1, 0.15) is 0 Å². The normalized spacial score (nSPS) is 10.9. The number of rotatable bonds is 5. The van der Waals surface area contributed by atoms with Crippen LogP contribution in [-0.4, -0.2) is 12.1 Å². The van der Waals surface area contributed by atoms with Crippen LogP contribution in [0.5, 0.6) is 5.75 Å². The van der Waals surface area contributed by atoms with E-state index < -0.39 is 0 Å². The maximum Gasteiger partial charge on any atom is 0.118 e. The molecule has 1 aromatic heterocycles. The van der Waals surface area contributed by atoms with Gasteiger partial charge in [-0.1, -0.05) is 90.6 Å². The van der Waals surface area contributed by atoms with Gasteiger partial charge in [0.05, 0.1) is 18.3 Å². The minimum absolute atomic E-state index is 0.854. The van der Waals surface area contributed by atoms with Crippen molar-refractivity contribution in [1.82, 2.24) is 4.98 Å². The Hall–Kier alpha value is -3.56. The van der Waals surface area contributed by atoms with Crippen LogP contribution in [-0.2, 0) is 0 Å². The largest absolute Gasteiger partial charge is 0.497 e. The predicted octanol–water partition coefficient (Wildman–Crippen LogP) is 7.73. The summed E-state index contributed by atoms with van der Waals surface area (Å²) in [4.78, 5) is 7.42. The van der Waals surface area contributed by atoms with Gasteiger partial charge >= 0.3 is 0 Å². The molecular weight excluding hydrogens is 398 g/mol. The van der Waals surface area contributed by atoms with Crippen LogP contribution in [0.3, 0.4) is 0 Å². The molecule has 0 saturated heterocycles. The number of fused-ring (bicyclic) bond motifs is 1. The van der Waals surface area contributed by atoms with Gasteiger partial charge in [0, 0.05) is 26.3 Å². The molecule has 0 spiro atoms. The quantitative estimate of drug-likeness (QED) is 0.291. The standard InChI is InChI=1S/C28H21NOS/c1-30-22-16-18-23(19-17-22)31-28-26(20-10-4-2-5-11-20)24-14-8-9-15-25(24)29-27(28)21-12-6-3-7-13-21/h2-19H,1H3. The number of pyridine rings is 1. The lowest BCUT2D eigenvalue weighted by Gasteiger charge is -2.18. The molecule has 0 bridgehead atoms. The lowest BCUT2D eigenvalue weighted by molar-refractivity contribution is 0.414. The first kappa shape index (κ1) is 19.4. The van der Waals surface area contributed by atoms with Gasteiger partial charge in [0.15, 0.2) is 0 Å². The van der Waals surface area contributed by atoms with E-state index in [1.54, 1.807) is 18.9 Å². The Labute approximate surface area is 186 Å². The Bertz CT molecular complexity index is 1320. The second-order valence-corrected chi connectivity index (χ2v) is 8.28. The third-order valence-corrected chi connectivity index (χ3v) is 6.35. The zero-order valence-corrected chi connectivity index (χ0v) is 18.0. The van der Waals surface area contributed by atoms with Gasteiger partial charge < -0.3 is 4.74 Å². The van der Waals surface area contributed by atoms with Crippen molar-refractivity contribution in [3.63, 3.8) is 0 Å². The predicted molar refractivity (Wildman–Crippen MR) is 130 cm³/mol. The van der Waals surface area contributed by atoms with E-state index in [2.05, 4.69) is 91.0 Å². The van der Waals surface area contributed by atoms with Gasteiger partial charge in [-0.25, -0.2) is 4.98 Å². The fourth-order valence-electron chi connectivity index (χ4n) is 3.74. The monoisotopic (exact) mass is 419 g/mol. The Balaban J connectivity index is 1.80. The summed E-state index contributed by atoms with van der Waals surface area (Å²) in [5.41, 5.74) is 5.51. The fraction of sp³-hybridized carbons (Fsp3) is 0.0357. The third-order valence-electron chi connectivity index (χ3n) is 5.24. The highest BCUT2D eigenvalue weighted by molar-refractivity contribution is 7.99. The van der Waals surface area contributed by atoms with Crippen LogP contribution in [0.2, 0.25) is 0 Å². The lowest BCUT2D eigenvalue weighted by atomic mass is 9.98. The first-order valence-corrected chi connectivity index (χ1v) is 11.0. The van der Waals surface area contributed by atoms with E-state index in [-0.39, 0.29) is 0 Å². The van der Waals surface area contributed by atoms with Crippen molar-refractivity contribution in [3.8, 4) is 28.1 Å². The molecule has 0 saturated carbocycles. The van der Waals surface area contributed by atoms with E-state index in [0.717, 1.165) is 37.7 Å². The zero-order valence-electron chi connectivity index (χ0n) is 17.2. The highest BCUT2D eigenvalue weighted by Crippen LogP contribution is 2.45. The van der Waals surface area contributed by atoms with Crippen molar-refractivity contribution in [2.75, 3.05) is 7.11 Å². The van der Waals surface area contributed by atoms with E-state index in [1.807, 2.05) is 18.2 Å². The zero-order chi connectivity index (χ0) is 21.0. The van der Waals surface area contributed by atoms with Crippen LogP contribution in [0.15, 0.2) is 119 Å². The molecule has 0 amide bonds. The molecule has 5 aromatic rings. The molecule has 1 heterocycles. The van der Waals surface area contributed by atoms with Gasteiger partial charge in [-0.3, -0.25) is 0 Å². The number of ether oxygens (including phenoxy) is 1. The molecule has 5 rings (SSSR count). The first-order valence-electron chi connectivity index (χ1n) is 10.2. The topological polar surface area (TPSA) is 22.1 Å². The van der Waals surface area contributed by atoms with E-state index in [0.29, 0.717) is 0 Å². The maximum absolute atomic E-state index is 5.34. The Kier molecular flexibility index (Phi) is 5.42. The van der Waals surface area contributed by atoms with E-state index >= 15 is 0 Å². The highest BCUT2D eigenvalue weighted by atomic mass is 32.2. The summed E-state index contributed by atoms with van der Waals surface area (Å²) in [6.45, 7) is 0. The van der Waals surface area contributed by atoms with Crippen molar-refractivity contribution < 1.29 is 4.74 Å². The average molecular weight is 420 g/mol. The smallest absolute Gasteiger partial charge is 0.118 e. The van der Waals surface area contributed by atoms with Gasteiger partial charge in [-0.2, -0.15) is 0 Å². The van der Waals surface area contributed by atoms with Gasteiger partial charge in [-0.05, 0) is 35.9 Å². The van der Waals surface area contributed by atoms with E-state index in [9.17, 15) is 0 Å². The number of methoxy groups -OCH3 is 1. The number of hydrogen-bond acceptors (Lipinski definition) is 3. The first-order chi connectivity index (χ1) is 15.3. The summed E-state index contributed by atoms with van der Waals surface area (Å²) >= 11 is 1.75. The van der Waals surface area contributed by atoms with Crippen LogP contribution >= 0.6 is 11.8 Å². The Morgan fingerprint density at radius 3 is 1.94 bits per heavy atom. The Morgan fingerprint density at radius 1 is 0.645 bits per heavy atom. The molecule has 0 radical (unpaired) electrons. The number of nitrogens with zero attached hydrogens (tertiary/aromatic N) is 1. The van der Waals surface area contributed by atoms with Gasteiger partial charge in [-0.15, -0.1) is 0 Å². The molecule has 0 aliphatic heterocycles. The number of aromatic nitrogens is 1. The third kappa shape index (κ3) is 3.92. The van der Waals surface area contributed by atoms with Gasteiger partial charge in [0.25, 0.3) is 0 Å². The van der Waals surface area contributed by atoms with Crippen molar-refractivity contribution in [2.45, 2.75) is 9.79 Å². The van der Waals surface area contributed by atoms with Crippen LogP contribution in [0, 0.1) is 0 Å². The summed E-state index contributed by atoms with van der Waals surface area (Å²) in [5.74, 6) is 0.854. The van der Waals surface area contributed by atoms with Crippen LogP contribution < -0.4 is 4.74 Å². The van der Waals surface area contributed by atoms with E-state index in [1.165, 1.54) is 11.1 Å². The number of benzene rings is 4. The van der Waals surface area contributed by atoms with E-state index in [4.69, 9.17) is 9.72 Å². The summed E-state index contributed by atoms with van der Waals surface area (Å²) in [7, 11) is 1.69. The number of hydrogen-bond donors (Lipinski definition) is 0. The second kappa shape index (κ2) is 8.66. The molecule has 0 unspecified atom stereocenters. The highest BCUT2D eigenvalue weighted by Gasteiger charge is 2.19. The molecule has 0 aliphatic rings. The molecule has 3 heteroatoms. The van der Waals surface area contributed by atoms with Crippen molar-refractivity contribution in [3.05, 3.63) is 109 Å². The molecule has 0 N–H and O–H groups in total. The minimum Gasteiger partial charge on any atom is -0.497 e. The maximum atomic E-state index is 5.34. The number of para-hydroxylation sites is 1. The van der Waals surface area contributed by atoms with Crippen molar-refractivity contribution in [2.24, 2.45) is 0 Å². The van der Waals surface area contributed by atoms with Crippen molar-refractivity contribution in [1.29, 1.82) is 0 Å². The molecular formula is C28H21NOS. The van der Waals surface area contributed by atoms with Crippen molar-refractivity contribution >= 4 is 22.7 Å². The molecule has 4 aromatic carbocycles. The van der Waals surface area contributed by atoms with Gasteiger partial charge in [0.1, 0.15) is 5.75 Å². The average Bonchev–Trinajstić information content (AvgIpc) is 2.85. The molecule has 0 atom stereocenters. The molecule has 2 nitrogen and oxygen atoms in total. The van der Waals surface area contributed by atoms with Crippen LogP contribution in [0.25, 0.3) is 33.3 Å². The molecule has 31 heavy (non-hydrogen) atoms. The summed E-state index contributed by atoms with van der Waals surface area (Å²) in [5, 5.41) is 1.16. The van der Waals surface area contributed by atoms with Crippen LogP contribution in [0.4, 0.5) is 0 Å². The molecule has 150 valence electrons. The minimum atomic E-state index is 0.854. The summed E-state index contributed by atoms with van der Waals surface area (Å²) < 4.78 is 5.34. The summed E-state index contributed by atoms with van der Waals surface area (Å²) in [6, 6.07) is 37.6. The SMILES string of the molecule is COc1ccc(Sc2c(-c3ccccc3)nc3ccccc3c2-c2ccccc2)cc1. The molecule has 0 fully saturated rings. The molecule has 0 aliphatic carbocycles. The fourth-order valence-corrected chi connectivity index (χ4v) is 4.84. The van der Waals surface area contributed by atoms with Gasteiger partial charge in [0.2, 0.25) is 0 Å². The second-order valence-electron chi connectivity index (χ2n) is 7.19. The Morgan fingerprint density at radius 2 is 1.26 bits per heavy atom. The lowest BCUT2D eigenvalue weighted by Crippen LogP contribution is -1.95.